The monoisotopic (exact) mass is 448 g/mol. The first-order valence-corrected chi connectivity index (χ1v) is 11.1. The van der Waals surface area contributed by atoms with E-state index in [0.29, 0.717) is 59.6 Å². The number of hydrogen-bond donors (Lipinski definition) is 2. The molecule has 0 unspecified atom stereocenters. The van der Waals surface area contributed by atoms with Crippen LogP contribution in [-0.2, 0) is 6.42 Å². The fourth-order valence-corrected chi connectivity index (χ4v) is 4.03. The summed E-state index contributed by atoms with van der Waals surface area (Å²) in [5.41, 5.74) is 3.19. The lowest BCUT2D eigenvalue weighted by molar-refractivity contribution is 0.0693. The Bertz CT molecular complexity index is 1210. The molecule has 1 aliphatic rings. The van der Waals surface area contributed by atoms with Crippen molar-refractivity contribution in [3.05, 3.63) is 59.4 Å². The fourth-order valence-electron chi connectivity index (χ4n) is 3.41. The highest BCUT2D eigenvalue weighted by Gasteiger charge is 2.16. The largest absolute Gasteiger partial charge is 0.486 e. The van der Waals surface area contributed by atoms with Gasteiger partial charge in [0.2, 0.25) is 0 Å². The second-order valence-corrected chi connectivity index (χ2v) is 7.80. The lowest BCUT2D eigenvalue weighted by Gasteiger charge is -2.19. The van der Waals surface area contributed by atoms with Gasteiger partial charge in [0.15, 0.2) is 11.5 Å². The molecule has 0 radical (unpaired) electrons. The predicted molar refractivity (Wildman–Crippen MR) is 121 cm³/mol. The normalized spacial score (nSPS) is 12.1. The molecule has 162 valence electrons. The zero-order chi connectivity index (χ0) is 22.5. The van der Waals surface area contributed by atoms with Crippen LogP contribution in [0.25, 0.3) is 11.3 Å². The van der Waals surface area contributed by atoms with Crippen LogP contribution in [0, 0.1) is 11.3 Å². The molecular weight excluding hydrogens is 428 g/mol. The molecule has 32 heavy (non-hydrogen) atoms. The molecule has 0 saturated carbocycles. The molecule has 0 bridgehead atoms. The van der Waals surface area contributed by atoms with Gasteiger partial charge in [-0.15, -0.1) is 11.8 Å². The van der Waals surface area contributed by atoms with Gasteiger partial charge in [0.05, 0.1) is 22.9 Å². The topological polar surface area (TPSA) is 117 Å². The Morgan fingerprint density at radius 2 is 1.97 bits per heavy atom. The average Bonchev–Trinajstić information content (AvgIpc) is 2.83. The maximum atomic E-state index is 11.4. The lowest BCUT2D eigenvalue weighted by Crippen LogP contribution is -2.16. The third-order valence-corrected chi connectivity index (χ3v) is 5.76. The number of aromatic carboxylic acids is 1. The Kier molecular flexibility index (Phi) is 6.42. The van der Waals surface area contributed by atoms with Crippen molar-refractivity contribution in [1.82, 2.24) is 9.97 Å². The number of fused-ring (bicyclic) bond motifs is 1. The summed E-state index contributed by atoms with van der Waals surface area (Å²) in [5, 5.41) is 22.0. The molecule has 0 fully saturated rings. The minimum atomic E-state index is -0.957. The van der Waals surface area contributed by atoms with Crippen LogP contribution in [0.1, 0.15) is 21.5 Å². The molecule has 2 aromatic carbocycles. The van der Waals surface area contributed by atoms with Gasteiger partial charge in [-0.3, -0.25) is 0 Å². The number of nitrogens with zero attached hydrogens (tertiary/aromatic N) is 3. The number of hydrogen-bond acceptors (Lipinski definition) is 8. The van der Waals surface area contributed by atoms with Crippen LogP contribution in [0.5, 0.6) is 11.5 Å². The van der Waals surface area contributed by atoms with Crippen molar-refractivity contribution >= 4 is 23.5 Å². The summed E-state index contributed by atoms with van der Waals surface area (Å²) in [7, 11) is 0. The number of nitriles is 1. The van der Waals surface area contributed by atoms with E-state index in [0.717, 1.165) is 11.1 Å². The Morgan fingerprint density at radius 1 is 1.19 bits per heavy atom. The number of benzene rings is 2. The molecule has 0 spiro atoms. The van der Waals surface area contributed by atoms with Gasteiger partial charge in [0, 0.05) is 29.1 Å². The summed E-state index contributed by atoms with van der Waals surface area (Å²) in [6.07, 6.45) is 3.90. The molecular formula is C23H20N4O4S. The number of thioether (sulfide) groups is 1. The van der Waals surface area contributed by atoms with Crippen LogP contribution >= 0.6 is 11.8 Å². The first-order chi connectivity index (χ1) is 15.6. The van der Waals surface area contributed by atoms with E-state index in [2.05, 4.69) is 21.4 Å². The van der Waals surface area contributed by atoms with Crippen molar-refractivity contribution in [2.45, 2.75) is 11.3 Å². The number of ether oxygens (including phenoxy) is 2. The standard InChI is InChI=1S/C23H20N4O4S/c1-32-21-10-15(2-3-17(21)23(28)29)18-11-22(27-13-26-18)25-5-4-14-8-19-20(9-16(14)12-24)31-7-6-30-19/h2-3,8-11,13H,4-7H2,1H3,(H,28,29)(H,25,26,27). The summed E-state index contributed by atoms with van der Waals surface area (Å²) in [4.78, 5) is 20.6. The number of aromatic nitrogens is 2. The maximum Gasteiger partial charge on any atom is 0.336 e. The molecule has 0 aliphatic carbocycles. The van der Waals surface area contributed by atoms with Crippen LogP contribution in [0.2, 0.25) is 0 Å². The van der Waals surface area contributed by atoms with Gasteiger partial charge in [0.25, 0.3) is 0 Å². The summed E-state index contributed by atoms with van der Waals surface area (Å²) in [6.45, 7) is 1.52. The van der Waals surface area contributed by atoms with E-state index in [1.54, 1.807) is 18.2 Å². The molecule has 1 aromatic heterocycles. The first kappa shape index (κ1) is 21.5. The van der Waals surface area contributed by atoms with Crippen molar-refractivity contribution in [2.75, 3.05) is 31.3 Å². The molecule has 0 atom stereocenters. The molecule has 8 nitrogen and oxygen atoms in total. The Labute approximate surface area is 189 Å². The van der Waals surface area contributed by atoms with Gasteiger partial charge in [-0.25, -0.2) is 14.8 Å². The van der Waals surface area contributed by atoms with Gasteiger partial charge >= 0.3 is 5.97 Å². The highest BCUT2D eigenvalue weighted by molar-refractivity contribution is 7.98. The second kappa shape index (κ2) is 9.58. The third-order valence-electron chi connectivity index (χ3n) is 4.98. The highest BCUT2D eigenvalue weighted by Crippen LogP contribution is 2.33. The van der Waals surface area contributed by atoms with Gasteiger partial charge in [-0.2, -0.15) is 5.26 Å². The van der Waals surface area contributed by atoms with E-state index in [9.17, 15) is 15.2 Å². The molecule has 2 N–H and O–H groups in total. The number of carbonyl (C=O) groups is 1. The SMILES string of the molecule is CSc1cc(-c2cc(NCCc3cc4c(cc3C#N)OCCO4)ncn2)ccc1C(=O)O. The fraction of sp³-hybridized carbons (Fsp3) is 0.217. The van der Waals surface area contributed by atoms with Crippen molar-refractivity contribution in [3.63, 3.8) is 0 Å². The van der Waals surface area contributed by atoms with E-state index >= 15 is 0 Å². The second-order valence-electron chi connectivity index (χ2n) is 6.95. The van der Waals surface area contributed by atoms with E-state index in [1.807, 2.05) is 24.5 Å². The molecule has 4 rings (SSSR count). The van der Waals surface area contributed by atoms with Crippen molar-refractivity contribution in [1.29, 1.82) is 5.26 Å². The Balaban J connectivity index is 1.48. The number of rotatable bonds is 7. The zero-order valence-corrected chi connectivity index (χ0v) is 18.1. The van der Waals surface area contributed by atoms with Crippen molar-refractivity contribution in [3.8, 4) is 28.8 Å². The van der Waals surface area contributed by atoms with Crippen LogP contribution < -0.4 is 14.8 Å². The van der Waals surface area contributed by atoms with Gasteiger partial charge in [0.1, 0.15) is 25.4 Å². The molecule has 0 amide bonds. The lowest BCUT2D eigenvalue weighted by atomic mass is 10.0. The van der Waals surface area contributed by atoms with E-state index < -0.39 is 5.97 Å². The average molecular weight is 449 g/mol. The third kappa shape index (κ3) is 4.60. The van der Waals surface area contributed by atoms with Crippen molar-refractivity contribution < 1.29 is 19.4 Å². The molecule has 0 saturated heterocycles. The summed E-state index contributed by atoms with van der Waals surface area (Å²) in [6, 6.07) is 12.7. The maximum absolute atomic E-state index is 11.4. The quantitative estimate of drug-likeness (QED) is 0.520. The Morgan fingerprint density at radius 3 is 2.69 bits per heavy atom. The number of anilines is 1. The highest BCUT2D eigenvalue weighted by atomic mass is 32.2. The predicted octanol–water partition coefficient (Wildman–Crippen LogP) is 3.86. The molecule has 2 heterocycles. The summed E-state index contributed by atoms with van der Waals surface area (Å²) >= 11 is 1.38. The van der Waals surface area contributed by atoms with Crippen LogP contribution in [0.3, 0.4) is 0 Å². The van der Waals surface area contributed by atoms with Gasteiger partial charge < -0.3 is 19.9 Å². The molecule has 9 heteroatoms. The van der Waals surface area contributed by atoms with Crippen LogP contribution in [0.15, 0.2) is 47.6 Å². The van der Waals surface area contributed by atoms with E-state index in [1.165, 1.54) is 18.1 Å². The first-order valence-electron chi connectivity index (χ1n) is 9.89. The number of carboxylic acids is 1. The van der Waals surface area contributed by atoms with Crippen LogP contribution in [0.4, 0.5) is 5.82 Å². The minimum Gasteiger partial charge on any atom is -0.486 e. The number of carboxylic acid groups (broad SMARTS) is 1. The Hall–Kier alpha value is -3.77. The zero-order valence-electron chi connectivity index (χ0n) is 17.3. The molecule has 3 aromatic rings. The van der Waals surface area contributed by atoms with Crippen LogP contribution in [-0.4, -0.2) is 47.1 Å². The smallest absolute Gasteiger partial charge is 0.336 e. The number of nitrogens with one attached hydrogen (secondary N) is 1. The van der Waals surface area contributed by atoms with Crippen molar-refractivity contribution in [2.24, 2.45) is 0 Å². The van der Waals surface area contributed by atoms with E-state index in [4.69, 9.17) is 9.47 Å². The summed E-state index contributed by atoms with van der Waals surface area (Å²) < 4.78 is 11.2. The van der Waals surface area contributed by atoms with Gasteiger partial charge in [-0.05, 0) is 36.4 Å². The van der Waals surface area contributed by atoms with E-state index in [-0.39, 0.29) is 5.56 Å². The summed E-state index contributed by atoms with van der Waals surface area (Å²) in [5.74, 6) is 0.938. The van der Waals surface area contributed by atoms with Gasteiger partial charge in [-0.1, -0.05) is 6.07 Å². The minimum absolute atomic E-state index is 0.265. The molecule has 1 aliphatic heterocycles.